The highest BCUT2D eigenvalue weighted by Crippen LogP contribution is 2.20. The molecule has 1 rings (SSSR count). The van der Waals surface area contributed by atoms with E-state index in [4.69, 9.17) is 9.47 Å². The summed E-state index contributed by atoms with van der Waals surface area (Å²) in [5.74, 6) is -0.473. The van der Waals surface area contributed by atoms with Crippen LogP contribution in [-0.2, 0) is 24.5 Å². The summed E-state index contributed by atoms with van der Waals surface area (Å²) in [6, 6.07) is -0.714. The summed E-state index contributed by atoms with van der Waals surface area (Å²) in [4.78, 5) is 11.8. The molecule has 1 aliphatic heterocycles. The normalized spacial score (nSPS) is 21.3. The summed E-state index contributed by atoms with van der Waals surface area (Å²) in [6.07, 6.45) is 2.08. The van der Waals surface area contributed by atoms with Gasteiger partial charge in [-0.25, -0.2) is 0 Å². The number of esters is 1. The van der Waals surface area contributed by atoms with E-state index in [2.05, 4.69) is 4.72 Å². The quantitative estimate of drug-likeness (QED) is 0.523. The van der Waals surface area contributed by atoms with Crippen molar-refractivity contribution in [2.75, 3.05) is 33.4 Å². The largest absolute Gasteiger partial charge is 0.465 e. The van der Waals surface area contributed by atoms with Crippen LogP contribution in [-0.4, -0.2) is 58.1 Å². The Labute approximate surface area is 114 Å². The molecule has 0 radical (unpaired) electrons. The van der Waals surface area contributed by atoms with E-state index in [0.717, 1.165) is 12.8 Å². The number of rotatable bonds is 7. The average molecular weight is 294 g/mol. The molecule has 7 nitrogen and oxygen atoms in total. The number of nitrogens with one attached hydrogen (secondary N) is 1. The number of ether oxygens (including phenoxy) is 2. The van der Waals surface area contributed by atoms with Crippen LogP contribution < -0.4 is 4.72 Å². The fourth-order valence-electron chi connectivity index (χ4n) is 2.02. The molecule has 1 fully saturated rings. The first-order chi connectivity index (χ1) is 9.03. The monoisotopic (exact) mass is 294 g/mol. The number of nitrogens with zero attached hydrogens (tertiary/aromatic N) is 1. The predicted octanol–water partition coefficient (Wildman–Crippen LogP) is -0.115. The Morgan fingerprint density at radius 3 is 2.79 bits per heavy atom. The molecule has 1 heterocycles. The Morgan fingerprint density at radius 1 is 1.42 bits per heavy atom. The molecule has 0 amide bonds. The Balaban J connectivity index is 2.72. The first-order valence-corrected chi connectivity index (χ1v) is 7.89. The second-order valence-corrected chi connectivity index (χ2v) is 5.97. The molecule has 8 heteroatoms. The van der Waals surface area contributed by atoms with Crippen molar-refractivity contribution in [2.24, 2.45) is 0 Å². The number of methoxy groups -OCH3 is 1. The van der Waals surface area contributed by atoms with Gasteiger partial charge in [0.15, 0.2) is 0 Å². The van der Waals surface area contributed by atoms with Gasteiger partial charge in [0, 0.05) is 20.2 Å². The van der Waals surface area contributed by atoms with Crippen molar-refractivity contribution < 1.29 is 22.7 Å². The van der Waals surface area contributed by atoms with Crippen molar-refractivity contribution in [3.63, 3.8) is 0 Å². The van der Waals surface area contributed by atoms with Crippen LogP contribution in [0.2, 0.25) is 0 Å². The second kappa shape index (κ2) is 7.78. The smallest absolute Gasteiger partial charge is 0.324 e. The fourth-order valence-corrected chi connectivity index (χ4v) is 3.43. The molecule has 0 aliphatic carbocycles. The molecule has 0 aromatic heterocycles. The Bertz CT molecular complexity index is 385. The van der Waals surface area contributed by atoms with Gasteiger partial charge in [0.1, 0.15) is 6.04 Å². The van der Waals surface area contributed by atoms with Gasteiger partial charge >= 0.3 is 5.97 Å². The third-order valence-corrected chi connectivity index (χ3v) is 4.54. The van der Waals surface area contributed by atoms with E-state index in [1.54, 1.807) is 6.92 Å². The molecule has 0 aromatic carbocycles. The van der Waals surface area contributed by atoms with Crippen molar-refractivity contribution in [3.05, 3.63) is 0 Å². The molecule has 0 spiro atoms. The zero-order valence-corrected chi connectivity index (χ0v) is 12.2. The molecule has 1 N–H and O–H groups in total. The number of carbonyl (C=O) groups excluding carboxylic acids is 1. The van der Waals surface area contributed by atoms with Crippen LogP contribution in [0.25, 0.3) is 0 Å². The van der Waals surface area contributed by atoms with E-state index in [-0.39, 0.29) is 19.8 Å². The second-order valence-electron chi connectivity index (χ2n) is 4.27. The standard InChI is InChI=1S/C11H22N2O5S/c1-3-18-11(14)10-6-4-5-8-13(10)19(15,16)12-7-9-17-2/h10,12H,3-9H2,1-2H3. The van der Waals surface area contributed by atoms with Gasteiger partial charge in [-0.2, -0.15) is 17.4 Å². The Hall–Kier alpha value is -0.700. The maximum absolute atomic E-state index is 12.1. The number of hydrogen-bond acceptors (Lipinski definition) is 5. The zero-order chi connectivity index (χ0) is 14.3. The third kappa shape index (κ3) is 4.72. The molecule has 1 saturated heterocycles. The minimum absolute atomic E-state index is 0.185. The van der Waals surface area contributed by atoms with Crippen molar-refractivity contribution in [3.8, 4) is 0 Å². The first kappa shape index (κ1) is 16.4. The Kier molecular flexibility index (Phi) is 6.70. The maximum atomic E-state index is 12.1. The lowest BCUT2D eigenvalue weighted by Crippen LogP contribution is -2.53. The van der Waals surface area contributed by atoms with E-state index in [0.29, 0.717) is 13.0 Å². The topological polar surface area (TPSA) is 84.9 Å². The molecule has 19 heavy (non-hydrogen) atoms. The van der Waals surface area contributed by atoms with Gasteiger partial charge in [-0.1, -0.05) is 0 Å². The van der Waals surface area contributed by atoms with Crippen molar-refractivity contribution in [1.29, 1.82) is 0 Å². The van der Waals surface area contributed by atoms with Crippen LogP contribution in [0.3, 0.4) is 0 Å². The summed E-state index contributed by atoms with van der Waals surface area (Å²) in [5.41, 5.74) is 0. The molecule has 1 aliphatic rings. The lowest BCUT2D eigenvalue weighted by atomic mass is 10.1. The van der Waals surface area contributed by atoms with Crippen LogP contribution in [0.4, 0.5) is 0 Å². The van der Waals surface area contributed by atoms with Gasteiger partial charge in [0.05, 0.1) is 13.2 Å². The minimum atomic E-state index is -3.67. The summed E-state index contributed by atoms with van der Waals surface area (Å²) < 4.78 is 37.6. The van der Waals surface area contributed by atoms with Gasteiger partial charge in [0.25, 0.3) is 10.2 Å². The number of piperidine rings is 1. The summed E-state index contributed by atoms with van der Waals surface area (Å²) in [5, 5.41) is 0. The van der Waals surface area contributed by atoms with Gasteiger partial charge < -0.3 is 9.47 Å². The van der Waals surface area contributed by atoms with Crippen LogP contribution in [0.15, 0.2) is 0 Å². The molecule has 112 valence electrons. The van der Waals surface area contributed by atoms with E-state index in [1.807, 2.05) is 0 Å². The lowest BCUT2D eigenvalue weighted by Gasteiger charge is -2.32. The van der Waals surface area contributed by atoms with E-state index in [9.17, 15) is 13.2 Å². The van der Waals surface area contributed by atoms with Crippen LogP contribution in [0.5, 0.6) is 0 Å². The maximum Gasteiger partial charge on any atom is 0.324 e. The average Bonchev–Trinajstić information content (AvgIpc) is 2.39. The van der Waals surface area contributed by atoms with Gasteiger partial charge in [-0.3, -0.25) is 4.79 Å². The van der Waals surface area contributed by atoms with Gasteiger partial charge in [-0.15, -0.1) is 0 Å². The third-order valence-electron chi connectivity index (χ3n) is 2.91. The van der Waals surface area contributed by atoms with Crippen LogP contribution in [0.1, 0.15) is 26.2 Å². The predicted molar refractivity (Wildman–Crippen MR) is 69.8 cm³/mol. The lowest BCUT2D eigenvalue weighted by molar-refractivity contribution is -0.148. The first-order valence-electron chi connectivity index (χ1n) is 6.45. The number of hydrogen-bond donors (Lipinski definition) is 1. The molecule has 0 bridgehead atoms. The molecule has 1 atom stereocenters. The highest BCUT2D eigenvalue weighted by molar-refractivity contribution is 7.87. The molecule has 0 saturated carbocycles. The van der Waals surface area contributed by atoms with Gasteiger partial charge in [0.2, 0.25) is 0 Å². The molecule has 0 aromatic rings. The van der Waals surface area contributed by atoms with Crippen molar-refractivity contribution in [2.45, 2.75) is 32.2 Å². The van der Waals surface area contributed by atoms with E-state index < -0.39 is 22.2 Å². The molecular formula is C11H22N2O5S. The highest BCUT2D eigenvalue weighted by atomic mass is 32.2. The summed E-state index contributed by atoms with van der Waals surface area (Å²) >= 11 is 0. The van der Waals surface area contributed by atoms with Crippen LogP contribution >= 0.6 is 0 Å². The Morgan fingerprint density at radius 2 is 2.16 bits per heavy atom. The fraction of sp³-hybridized carbons (Fsp3) is 0.909. The summed E-state index contributed by atoms with van der Waals surface area (Å²) in [6.45, 7) is 2.77. The van der Waals surface area contributed by atoms with Gasteiger partial charge in [-0.05, 0) is 26.2 Å². The number of carbonyl (C=O) groups is 1. The van der Waals surface area contributed by atoms with Crippen molar-refractivity contribution in [1.82, 2.24) is 9.03 Å². The van der Waals surface area contributed by atoms with Crippen molar-refractivity contribution >= 4 is 16.2 Å². The highest BCUT2D eigenvalue weighted by Gasteiger charge is 2.37. The molecule has 1 unspecified atom stereocenters. The van der Waals surface area contributed by atoms with E-state index in [1.165, 1.54) is 11.4 Å². The van der Waals surface area contributed by atoms with E-state index >= 15 is 0 Å². The SMILES string of the molecule is CCOC(=O)C1CCCCN1S(=O)(=O)NCCOC. The van der Waals surface area contributed by atoms with Crippen LogP contribution in [0, 0.1) is 0 Å². The minimum Gasteiger partial charge on any atom is -0.465 e. The molecular weight excluding hydrogens is 272 g/mol. The summed E-state index contributed by atoms with van der Waals surface area (Å²) in [7, 11) is -2.17. The zero-order valence-electron chi connectivity index (χ0n) is 11.4.